The minimum atomic E-state index is -0.439. The van der Waals surface area contributed by atoms with Gasteiger partial charge in [0, 0.05) is 29.9 Å². The monoisotopic (exact) mass is 354 g/mol. The van der Waals surface area contributed by atoms with Gasteiger partial charge in [-0.2, -0.15) is 0 Å². The van der Waals surface area contributed by atoms with Gasteiger partial charge in [-0.25, -0.2) is 0 Å². The fourth-order valence-electron chi connectivity index (χ4n) is 2.48. The van der Waals surface area contributed by atoms with E-state index in [0.717, 1.165) is 5.69 Å². The molecule has 0 aliphatic carbocycles. The van der Waals surface area contributed by atoms with Crippen LogP contribution in [-0.4, -0.2) is 31.4 Å². The van der Waals surface area contributed by atoms with E-state index in [2.05, 4.69) is 10.1 Å². The number of ether oxygens (including phenoxy) is 1. The Morgan fingerprint density at radius 3 is 2.38 bits per heavy atom. The molecule has 0 fully saturated rings. The van der Waals surface area contributed by atoms with Crippen LogP contribution in [0.15, 0.2) is 54.6 Å². The first-order valence-electron chi connectivity index (χ1n) is 8.38. The Labute approximate surface area is 152 Å². The van der Waals surface area contributed by atoms with E-state index in [1.54, 1.807) is 29.2 Å². The Morgan fingerprint density at radius 1 is 1.00 bits per heavy atom. The highest BCUT2D eigenvalue weighted by atomic mass is 16.5. The third kappa shape index (κ3) is 5.17. The molecule has 136 valence electrons. The van der Waals surface area contributed by atoms with Gasteiger partial charge in [0.2, 0.25) is 5.91 Å². The number of hydrogen-bond acceptors (Lipinski definition) is 4. The number of nitrogens with zero attached hydrogens (tertiary/aromatic N) is 1. The van der Waals surface area contributed by atoms with Gasteiger partial charge in [-0.15, -0.1) is 0 Å². The first-order valence-corrected chi connectivity index (χ1v) is 8.38. The van der Waals surface area contributed by atoms with Gasteiger partial charge in [0.15, 0.2) is 0 Å². The van der Waals surface area contributed by atoms with E-state index in [1.165, 1.54) is 7.11 Å². The van der Waals surface area contributed by atoms with Crippen LogP contribution >= 0.6 is 0 Å². The fourth-order valence-corrected chi connectivity index (χ4v) is 2.48. The lowest BCUT2D eigenvalue weighted by atomic mass is 10.1. The standard InChI is InChI=1S/C20H22N2O4/c1-3-22(17-10-5-4-6-11-17)20(25)15-8-7-9-16(14-15)21-18(23)12-13-19(24)26-2/h4-11,14H,3,12-13H2,1-2H3,(H,21,23). The fraction of sp³-hybridized carbons (Fsp3) is 0.250. The van der Waals surface area contributed by atoms with Crippen LogP contribution < -0.4 is 10.2 Å². The molecule has 6 heteroatoms. The van der Waals surface area contributed by atoms with Gasteiger partial charge >= 0.3 is 5.97 Å². The molecule has 2 aromatic carbocycles. The summed E-state index contributed by atoms with van der Waals surface area (Å²) in [5, 5.41) is 2.70. The molecule has 0 spiro atoms. The molecule has 0 bridgehead atoms. The summed E-state index contributed by atoms with van der Waals surface area (Å²) in [4.78, 5) is 37.5. The molecule has 0 unspecified atom stereocenters. The van der Waals surface area contributed by atoms with E-state index >= 15 is 0 Å². The Balaban J connectivity index is 2.09. The predicted molar refractivity (Wildman–Crippen MR) is 100 cm³/mol. The van der Waals surface area contributed by atoms with E-state index in [4.69, 9.17) is 0 Å². The number of esters is 1. The quantitative estimate of drug-likeness (QED) is 0.775. The second kappa shape index (κ2) is 9.36. The molecule has 0 heterocycles. The summed E-state index contributed by atoms with van der Waals surface area (Å²) < 4.78 is 4.51. The molecule has 2 amide bonds. The molecule has 0 aromatic heterocycles. The summed E-state index contributed by atoms with van der Waals surface area (Å²) in [6, 6.07) is 16.1. The lowest BCUT2D eigenvalue weighted by molar-refractivity contribution is -0.141. The number of para-hydroxylation sites is 1. The van der Waals surface area contributed by atoms with Crippen molar-refractivity contribution >= 4 is 29.2 Å². The highest BCUT2D eigenvalue weighted by molar-refractivity contribution is 6.07. The van der Waals surface area contributed by atoms with Gasteiger partial charge in [-0.3, -0.25) is 14.4 Å². The van der Waals surface area contributed by atoms with Gasteiger partial charge in [0.25, 0.3) is 5.91 Å². The van der Waals surface area contributed by atoms with Gasteiger partial charge < -0.3 is 15.0 Å². The molecule has 26 heavy (non-hydrogen) atoms. The molecule has 6 nitrogen and oxygen atoms in total. The van der Waals surface area contributed by atoms with Crippen molar-refractivity contribution < 1.29 is 19.1 Å². The number of anilines is 2. The molecule has 0 saturated carbocycles. The summed E-state index contributed by atoms with van der Waals surface area (Å²) in [5.41, 5.74) is 1.80. The summed E-state index contributed by atoms with van der Waals surface area (Å²) in [6.07, 6.45) is 0.0362. The van der Waals surface area contributed by atoms with Crippen LogP contribution in [0, 0.1) is 0 Å². The van der Waals surface area contributed by atoms with Crippen LogP contribution in [-0.2, 0) is 14.3 Å². The maximum atomic E-state index is 12.8. The molecule has 0 atom stereocenters. The van der Waals surface area contributed by atoms with Crippen LogP contribution in [0.5, 0.6) is 0 Å². The van der Waals surface area contributed by atoms with Crippen molar-refractivity contribution in [2.45, 2.75) is 19.8 Å². The largest absolute Gasteiger partial charge is 0.469 e. The normalized spacial score (nSPS) is 10.1. The van der Waals surface area contributed by atoms with Crippen LogP contribution in [0.2, 0.25) is 0 Å². The third-order valence-electron chi connectivity index (χ3n) is 3.81. The maximum absolute atomic E-state index is 12.8. The lowest BCUT2D eigenvalue weighted by Crippen LogP contribution is -2.30. The number of carbonyl (C=O) groups excluding carboxylic acids is 3. The Hall–Kier alpha value is -3.15. The molecular formula is C20H22N2O4. The molecule has 0 aliphatic heterocycles. The number of nitrogens with one attached hydrogen (secondary N) is 1. The second-order valence-corrected chi connectivity index (χ2v) is 5.59. The number of hydrogen-bond donors (Lipinski definition) is 1. The zero-order valence-electron chi connectivity index (χ0n) is 14.9. The number of methoxy groups -OCH3 is 1. The molecule has 0 saturated heterocycles. The maximum Gasteiger partial charge on any atom is 0.306 e. The van der Waals surface area contributed by atoms with Crippen LogP contribution in [0.3, 0.4) is 0 Å². The Morgan fingerprint density at radius 2 is 1.73 bits per heavy atom. The van der Waals surface area contributed by atoms with E-state index < -0.39 is 5.97 Å². The van der Waals surface area contributed by atoms with Crippen molar-refractivity contribution in [3.63, 3.8) is 0 Å². The average Bonchev–Trinajstić information content (AvgIpc) is 2.67. The van der Waals surface area contributed by atoms with Crippen molar-refractivity contribution in [1.82, 2.24) is 0 Å². The number of amides is 2. The highest BCUT2D eigenvalue weighted by Gasteiger charge is 2.16. The van der Waals surface area contributed by atoms with Gasteiger partial charge in [0.05, 0.1) is 13.5 Å². The van der Waals surface area contributed by atoms with Gasteiger partial charge in [-0.05, 0) is 37.3 Å². The number of carbonyl (C=O) groups is 3. The zero-order valence-corrected chi connectivity index (χ0v) is 14.9. The van der Waals surface area contributed by atoms with E-state index in [0.29, 0.717) is 17.8 Å². The SMILES string of the molecule is CCN(C(=O)c1cccc(NC(=O)CCC(=O)OC)c1)c1ccccc1. The van der Waals surface area contributed by atoms with E-state index in [-0.39, 0.29) is 24.7 Å². The molecule has 1 N–H and O–H groups in total. The Bertz CT molecular complexity index is 774. The van der Waals surface area contributed by atoms with E-state index in [9.17, 15) is 14.4 Å². The van der Waals surface area contributed by atoms with Crippen molar-refractivity contribution in [2.75, 3.05) is 23.9 Å². The zero-order chi connectivity index (χ0) is 18.9. The average molecular weight is 354 g/mol. The topological polar surface area (TPSA) is 75.7 Å². The lowest BCUT2D eigenvalue weighted by Gasteiger charge is -2.21. The van der Waals surface area contributed by atoms with Crippen LogP contribution in [0.1, 0.15) is 30.1 Å². The molecular weight excluding hydrogens is 332 g/mol. The second-order valence-electron chi connectivity index (χ2n) is 5.59. The smallest absolute Gasteiger partial charge is 0.306 e. The molecule has 0 aliphatic rings. The van der Waals surface area contributed by atoms with E-state index in [1.807, 2.05) is 37.3 Å². The minimum absolute atomic E-state index is 0.0125. The summed E-state index contributed by atoms with van der Waals surface area (Å²) in [6.45, 7) is 2.43. The first-order chi connectivity index (χ1) is 12.5. The van der Waals surface area contributed by atoms with Crippen LogP contribution in [0.25, 0.3) is 0 Å². The minimum Gasteiger partial charge on any atom is -0.469 e. The summed E-state index contributed by atoms with van der Waals surface area (Å²) in [5.74, 6) is -0.898. The highest BCUT2D eigenvalue weighted by Crippen LogP contribution is 2.19. The van der Waals surface area contributed by atoms with Gasteiger partial charge in [-0.1, -0.05) is 24.3 Å². The summed E-state index contributed by atoms with van der Waals surface area (Å²) in [7, 11) is 1.28. The third-order valence-corrected chi connectivity index (χ3v) is 3.81. The number of benzene rings is 2. The molecule has 2 aromatic rings. The molecule has 2 rings (SSSR count). The van der Waals surface area contributed by atoms with Crippen molar-refractivity contribution in [3.05, 3.63) is 60.2 Å². The molecule has 0 radical (unpaired) electrons. The predicted octanol–water partition coefficient (Wildman–Crippen LogP) is 3.25. The van der Waals surface area contributed by atoms with Crippen molar-refractivity contribution in [1.29, 1.82) is 0 Å². The van der Waals surface area contributed by atoms with Crippen LogP contribution in [0.4, 0.5) is 11.4 Å². The van der Waals surface area contributed by atoms with Crippen molar-refractivity contribution in [2.24, 2.45) is 0 Å². The Kier molecular flexibility index (Phi) is 6.91. The number of rotatable bonds is 7. The van der Waals surface area contributed by atoms with Crippen molar-refractivity contribution in [3.8, 4) is 0 Å². The summed E-state index contributed by atoms with van der Waals surface area (Å²) >= 11 is 0. The first kappa shape index (κ1) is 19.2. The van der Waals surface area contributed by atoms with Gasteiger partial charge in [0.1, 0.15) is 0 Å².